The SMILES string of the molecule is CC(N)C(c1ccccc1)N1CCSC(C)(C)CC1. The summed E-state index contributed by atoms with van der Waals surface area (Å²) in [5.74, 6) is 1.20. The van der Waals surface area contributed by atoms with Gasteiger partial charge in [-0.05, 0) is 18.9 Å². The third kappa shape index (κ3) is 3.98. The predicted octanol–water partition coefficient (Wildman–Crippen LogP) is 3.29. The zero-order valence-corrected chi connectivity index (χ0v) is 13.1. The van der Waals surface area contributed by atoms with Crippen molar-refractivity contribution in [2.45, 2.75) is 44.0 Å². The van der Waals surface area contributed by atoms with E-state index < -0.39 is 0 Å². The molecule has 0 amide bonds. The van der Waals surface area contributed by atoms with Crippen LogP contribution in [0.1, 0.15) is 38.8 Å². The van der Waals surface area contributed by atoms with Crippen LogP contribution in [0.2, 0.25) is 0 Å². The zero-order valence-electron chi connectivity index (χ0n) is 12.3. The Balaban J connectivity index is 2.16. The van der Waals surface area contributed by atoms with E-state index in [0.717, 1.165) is 13.1 Å². The molecular weight excluding hydrogens is 252 g/mol. The van der Waals surface area contributed by atoms with E-state index in [9.17, 15) is 0 Å². The minimum absolute atomic E-state index is 0.161. The third-order valence-corrected chi connectivity index (χ3v) is 5.28. The Hall–Kier alpha value is -0.510. The van der Waals surface area contributed by atoms with Crippen molar-refractivity contribution in [2.24, 2.45) is 5.73 Å². The molecule has 1 fully saturated rings. The maximum atomic E-state index is 6.27. The van der Waals surface area contributed by atoms with E-state index in [1.54, 1.807) is 0 Å². The molecule has 106 valence electrons. The minimum atomic E-state index is 0.161. The van der Waals surface area contributed by atoms with E-state index >= 15 is 0 Å². The summed E-state index contributed by atoms with van der Waals surface area (Å²) in [6.07, 6.45) is 1.23. The van der Waals surface area contributed by atoms with Gasteiger partial charge in [-0.3, -0.25) is 4.90 Å². The highest BCUT2D eigenvalue weighted by Crippen LogP contribution is 2.34. The lowest BCUT2D eigenvalue weighted by molar-refractivity contribution is 0.184. The van der Waals surface area contributed by atoms with Crippen molar-refractivity contribution in [3.8, 4) is 0 Å². The number of nitrogens with zero attached hydrogens (tertiary/aromatic N) is 1. The molecule has 2 unspecified atom stereocenters. The van der Waals surface area contributed by atoms with Gasteiger partial charge in [-0.15, -0.1) is 0 Å². The molecule has 0 radical (unpaired) electrons. The van der Waals surface area contributed by atoms with Crippen molar-refractivity contribution < 1.29 is 0 Å². The molecule has 2 nitrogen and oxygen atoms in total. The molecule has 1 heterocycles. The fourth-order valence-corrected chi connectivity index (χ4v) is 3.93. The van der Waals surface area contributed by atoms with Gasteiger partial charge >= 0.3 is 0 Å². The third-order valence-electron chi connectivity index (χ3n) is 3.90. The minimum Gasteiger partial charge on any atom is -0.326 e. The normalized spacial score (nSPS) is 23.6. The molecule has 0 bridgehead atoms. The highest BCUT2D eigenvalue weighted by Gasteiger charge is 2.29. The summed E-state index contributed by atoms with van der Waals surface area (Å²) in [4.78, 5) is 2.57. The lowest BCUT2D eigenvalue weighted by atomic mass is 9.98. The van der Waals surface area contributed by atoms with Gasteiger partial charge in [0.15, 0.2) is 0 Å². The Bertz CT molecular complexity index is 389. The number of thioether (sulfide) groups is 1. The molecular formula is C16H26N2S. The lowest BCUT2D eigenvalue weighted by Gasteiger charge is -2.34. The van der Waals surface area contributed by atoms with Crippen molar-refractivity contribution in [3.63, 3.8) is 0 Å². The molecule has 1 aromatic rings. The number of benzene rings is 1. The molecule has 1 saturated heterocycles. The maximum absolute atomic E-state index is 6.27. The summed E-state index contributed by atoms with van der Waals surface area (Å²) in [7, 11) is 0. The van der Waals surface area contributed by atoms with Gasteiger partial charge < -0.3 is 5.73 Å². The van der Waals surface area contributed by atoms with E-state index in [1.165, 1.54) is 17.7 Å². The fourth-order valence-electron chi connectivity index (χ4n) is 2.81. The molecule has 0 aromatic heterocycles. The van der Waals surface area contributed by atoms with E-state index in [2.05, 4.69) is 67.8 Å². The Morgan fingerprint density at radius 2 is 1.89 bits per heavy atom. The van der Waals surface area contributed by atoms with Gasteiger partial charge in [0, 0.05) is 35.7 Å². The van der Waals surface area contributed by atoms with Gasteiger partial charge in [-0.25, -0.2) is 0 Å². The maximum Gasteiger partial charge on any atom is 0.0496 e. The molecule has 0 spiro atoms. The molecule has 1 aromatic carbocycles. The van der Waals surface area contributed by atoms with Gasteiger partial charge in [-0.2, -0.15) is 11.8 Å². The summed E-state index contributed by atoms with van der Waals surface area (Å²) < 4.78 is 0.397. The van der Waals surface area contributed by atoms with Gasteiger partial charge in [0.25, 0.3) is 0 Å². The second-order valence-corrected chi connectivity index (χ2v) is 7.91. The van der Waals surface area contributed by atoms with E-state index in [0.29, 0.717) is 10.8 Å². The predicted molar refractivity (Wildman–Crippen MR) is 85.6 cm³/mol. The van der Waals surface area contributed by atoms with Gasteiger partial charge in [0.2, 0.25) is 0 Å². The van der Waals surface area contributed by atoms with Gasteiger partial charge in [0.05, 0.1) is 0 Å². The van der Waals surface area contributed by atoms with E-state index in [1.807, 2.05) is 0 Å². The smallest absolute Gasteiger partial charge is 0.0496 e. The topological polar surface area (TPSA) is 29.3 Å². The van der Waals surface area contributed by atoms with Crippen LogP contribution < -0.4 is 5.73 Å². The van der Waals surface area contributed by atoms with Crippen LogP contribution >= 0.6 is 11.8 Å². The first-order chi connectivity index (χ1) is 8.99. The van der Waals surface area contributed by atoms with Crippen molar-refractivity contribution in [3.05, 3.63) is 35.9 Å². The van der Waals surface area contributed by atoms with Crippen LogP contribution in [0.15, 0.2) is 30.3 Å². The van der Waals surface area contributed by atoms with Crippen LogP contribution in [0, 0.1) is 0 Å². The summed E-state index contributed by atoms with van der Waals surface area (Å²) >= 11 is 2.09. The van der Waals surface area contributed by atoms with Crippen LogP contribution in [-0.2, 0) is 0 Å². The first-order valence-electron chi connectivity index (χ1n) is 7.18. The summed E-state index contributed by atoms with van der Waals surface area (Å²) in [6.45, 7) is 9.10. The molecule has 19 heavy (non-hydrogen) atoms. The highest BCUT2D eigenvalue weighted by molar-refractivity contribution is 8.00. The average Bonchev–Trinajstić information content (AvgIpc) is 2.52. The molecule has 2 rings (SSSR count). The second kappa shape index (κ2) is 6.29. The molecule has 2 N–H and O–H groups in total. The number of nitrogens with two attached hydrogens (primary N) is 1. The van der Waals surface area contributed by atoms with Crippen LogP contribution in [0.5, 0.6) is 0 Å². The monoisotopic (exact) mass is 278 g/mol. The van der Waals surface area contributed by atoms with Crippen molar-refractivity contribution in [2.75, 3.05) is 18.8 Å². The van der Waals surface area contributed by atoms with Crippen molar-refractivity contribution in [1.82, 2.24) is 4.90 Å². The number of hydrogen-bond acceptors (Lipinski definition) is 3. The number of rotatable bonds is 3. The molecule has 1 aliphatic rings. The molecule has 0 aliphatic carbocycles. The quantitative estimate of drug-likeness (QED) is 0.920. The molecule has 3 heteroatoms. The lowest BCUT2D eigenvalue weighted by Crippen LogP contribution is -2.41. The highest BCUT2D eigenvalue weighted by atomic mass is 32.2. The zero-order chi connectivity index (χ0) is 13.9. The Morgan fingerprint density at radius 1 is 1.21 bits per heavy atom. The van der Waals surface area contributed by atoms with Crippen LogP contribution in [0.4, 0.5) is 0 Å². The molecule has 2 atom stereocenters. The van der Waals surface area contributed by atoms with Gasteiger partial charge in [-0.1, -0.05) is 44.2 Å². The van der Waals surface area contributed by atoms with Gasteiger partial charge in [0.1, 0.15) is 0 Å². The van der Waals surface area contributed by atoms with Crippen LogP contribution in [0.25, 0.3) is 0 Å². The van der Waals surface area contributed by atoms with Crippen LogP contribution in [-0.4, -0.2) is 34.5 Å². The molecule has 1 aliphatic heterocycles. The first kappa shape index (κ1) is 14.9. The van der Waals surface area contributed by atoms with Crippen molar-refractivity contribution >= 4 is 11.8 Å². The second-order valence-electron chi connectivity index (χ2n) is 6.11. The summed E-state index contributed by atoms with van der Waals surface area (Å²) in [6, 6.07) is 11.2. The standard InChI is InChI=1S/C16H26N2S/c1-13(17)15(14-7-5-4-6-8-14)18-10-9-16(2,3)19-12-11-18/h4-8,13,15H,9-12,17H2,1-3H3. The van der Waals surface area contributed by atoms with Crippen LogP contribution in [0.3, 0.4) is 0 Å². The Labute approximate surface area is 121 Å². The Kier molecular flexibility index (Phi) is 4.93. The Morgan fingerprint density at radius 3 is 2.53 bits per heavy atom. The summed E-state index contributed by atoms with van der Waals surface area (Å²) in [5.41, 5.74) is 7.62. The number of hydrogen-bond donors (Lipinski definition) is 1. The largest absolute Gasteiger partial charge is 0.326 e. The van der Waals surface area contributed by atoms with E-state index in [4.69, 9.17) is 5.73 Å². The van der Waals surface area contributed by atoms with Crippen molar-refractivity contribution in [1.29, 1.82) is 0 Å². The first-order valence-corrected chi connectivity index (χ1v) is 8.17. The van der Waals surface area contributed by atoms with E-state index in [-0.39, 0.29) is 6.04 Å². The fraction of sp³-hybridized carbons (Fsp3) is 0.625. The molecule has 0 saturated carbocycles. The summed E-state index contributed by atoms with van der Waals surface area (Å²) in [5, 5.41) is 0. The average molecular weight is 278 g/mol.